The number of aromatic nitrogens is 3. The number of hydrogen-bond donors (Lipinski definition) is 1. The zero-order valence-corrected chi connectivity index (χ0v) is 13.9. The van der Waals surface area contributed by atoms with Crippen molar-refractivity contribution in [2.45, 2.75) is 6.42 Å². The molecule has 26 heavy (non-hydrogen) atoms. The molecule has 4 aromatic rings. The van der Waals surface area contributed by atoms with E-state index in [1.165, 1.54) is 6.20 Å². The van der Waals surface area contributed by atoms with Crippen LogP contribution < -0.4 is 5.32 Å². The van der Waals surface area contributed by atoms with Crippen molar-refractivity contribution >= 4 is 16.9 Å². The number of rotatable bonds is 5. The summed E-state index contributed by atoms with van der Waals surface area (Å²) in [4.78, 5) is 25.3. The van der Waals surface area contributed by atoms with Gasteiger partial charge in [0, 0.05) is 18.5 Å². The lowest BCUT2D eigenvalue weighted by Crippen LogP contribution is -2.26. The second-order valence-electron chi connectivity index (χ2n) is 5.76. The van der Waals surface area contributed by atoms with Crippen LogP contribution in [0.3, 0.4) is 0 Å². The van der Waals surface area contributed by atoms with E-state index < -0.39 is 0 Å². The first-order chi connectivity index (χ1) is 12.8. The molecule has 0 spiro atoms. The smallest absolute Gasteiger partial charge is 0.271 e. The van der Waals surface area contributed by atoms with Crippen LogP contribution in [0.4, 0.5) is 0 Å². The largest absolute Gasteiger partial charge is 0.444 e. The van der Waals surface area contributed by atoms with Crippen molar-refractivity contribution in [1.82, 2.24) is 20.3 Å². The third-order valence-corrected chi connectivity index (χ3v) is 3.92. The van der Waals surface area contributed by atoms with Crippen LogP contribution in [-0.4, -0.2) is 27.4 Å². The highest BCUT2D eigenvalue weighted by molar-refractivity contribution is 5.93. The first kappa shape index (κ1) is 16.0. The lowest BCUT2D eigenvalue weighted by Gasteiger charge is -2.04. The maximum atomic E-state index is 12.2. The van der Waals surface area contributed by atoms with Gasteiger partial charge in [0.05, 0.1) is 22.9 Å². The van der Waals surface area contributed by atoms with Crippen molar-refractivity contribution in [2.24, 2.45) is 0 Å². The van der Waals surface area contributed by atoms with Gasteiger partial charge < -0.3 is 9.73 Å². The van der Waals surface area contributed by atoms with Gasteiger partial charge in [-0.3, -0.25) is 9.78 Å². The van der Waals surface area contributed by atoms with Gasteiger partial charge in [-0.05, 0) is 24.3 Å². The Balaban J connectivity index is 1.37. The molecule has 0 aliphatic heterocycles. The molecule has 2 aromatic heterocycles. The molecule has 128 valence electrons. The Labute approximate surface area is 149 Å². The quantitative estimate of drug-likeness (QED) is 0.601. The second kappa shape index (κ2) is 7.14. The number of oxazole rings is 1. The number of fused-ring (bicyclic) bond motifs is 1. The molecular weight excluding hydrogens is 328 g/mol. The van der Waals surface area contributed by atoms with Crippen LogP contribution in [0.1, 0.15) is 16.2 Å². The summed E-state index contributed by atoms with van der Waals surface area (Å²) in [5.41, 5.74) is 3.47. The predicted molar refractivity (Wildman–Crippen MR) is 97.5 cm³/mol. The Hall–Kier alpha value is -3.54. The van der Waals surface area contributed by atoms with E-state index in [1.54, 1.807) is 6.26 Å². The summed E-state index contributed by atoms with van der Waals surface area (Å²) in [7, 11) is 0. The highest BCUT2D eigenvalue weighted by atomic mass is 16.3. The van der Waals surface area contributed by atoms with Crippen LogP contribution in [0, 0.1) is 0 Å². The number of carbonyl (C=O) groups is 1. The number of hydrogen-bond acceptors (Lipinski definition) is 5. The molecule has 1 amide bonds. The van der Waals surface area contributed by atoms with E-state index in [1.807, 2.05) is 54.6 Å². The van der Waals surface area contributed by atoms with Crippen molar-refractivity contribution in [3.63, 3.8) is 0 Å². The molecule has 0 radical (unpaired) electrons. The standard InChI is InChI=1S/C20H16N4O2/c25-19(18-12-22-16-8-4-5-9-17(16)24-18)21-11-10-15-13-26-20(23-15)14-6-2-1-3-7-14/h1-9,12-13H,10-11H2,(H,21,25). The number of carbonyl (C=O) groups excluding carboxylic acids is 1. The first-order valence-corrected chi connectivity index (χ1v) is 8.29. The summed E-state index contributed by atoms with van der Waals surface area (Å²) in [6.07, 6.45) is 3.68. The fourth-order valence-corrected chi connectivity index (χ4v) is 2.60. The Morgan fingerprint density at radius 2 is 1.73 bits per heavy atom. The van der Waals surface area contributed by atoms with E-state index in [2.05, 4.69) is 20.3 Å². The minimum absolute atomic E-state index is 0.255. The maximum Gasteiger partial charge on any atom is 0.271 e. The number of para-hydroxylation sites is 2. The van der Waals surface area contributed by atoms with Gasteiger partial charge in [-0.25, -0.2) is 9.97 Å². The number of amides is 1. The van der Waals surface area contributed by atoms with Gasteiger partial charge in [0.25, 0.3) is 5.91 Å². The molecule has 6 nitrogen and oxygen atoms in total. The van der Waals surface area contributed by atoms with Crippen LogP contribution in [0.5, 0.6) is 0 Å². The van der Waals surface area contributed by atoms with Gasteiger partial charge in [-0.15, -0.1) is 0 Å². The molecule has 0 unspecified atom stereocenters. The van der Waals surface area contributed by atoms with Crippen molar-refractivity contribution in [3.8, 4) is 11.5 Å². The average Bonchev–Trinajstić information content (AvgIpc) is 3.17. The fourth-order valence-electron chi connectivity index (χ4n) is 2.60. The first-order valence-electron chi connectivity index (χ1n) is 8.29. The van der Waals surface area contributed by atoms with Crippen molar-refractivity contribution in [2.75, 3.05) is 6.54 Å². The molecule has 0 aliphatic carbocycles. The van der Waals surface area contributed by atoms with Crippen LogP contribution in [0.25, 0.3) is 22.5 Å². The van der Waals surface area contributed by atoms with Crippen LogP contribution in [0.2, 0.25) is 0 Å². The summed E-state index contributed by atoms with van der Waals surface area (Å²) >= 11 is 0. The van der Waals surface area contributed by atoms with Gasteiger partial charge in [-0.2, -0.15) is 0 Å². The third-order valence-electron chi connectivity index (χ3n) is 3.92. The minimum atomic E-state index is -0.255. The Morgan fingerprint density at radius 3 is 2.58 bits per heavy atom. The normalized spacial score (nSPS) is 10.8. The number of benzene rings is 2. The Kier molecular flexibility index (Phi) is 4.38. The molecule has 0 atom stereocenters. The summed E-state index contributed by atoms with van der Waals surface area (Å²) in [5, 5.41) is 2.84. The lowest BCUT2D eigenvalue weighted by atomic mass is 10.2. The minimum Gasteiger partial charge on any atom is -0.444 e. The van der Waals surface area contributed by atoms with Gasteiger partial charge in [0.15, 0.2) is 0 Å². The summed E-state index contributed by atoms with van der Waals surface area (Å²) in [6, 6.07) is 17.1. The molecule has 2 heterocycles. The highest BCUT2D eigenvalue weighted by Gasteiger charge is 2.10. The molecule has 1 N–H and O–H groups in total. The van der Waals surface area contributed by atoms with Crippen molar-refractivity contribution in [1.29, 1.82) is 0 Å². The zero-order chi connectivity index (χ0) is 17.8. The Bertz CT molecular complexity index is 1040. The van der Waals surface area contributed by atoms with Crippen LogP contribution >= 0.6 is 0 Å². The SMILES string of the molecule is O=C(NCCc1coc(-c2ccccc2)n1)c1cnc2ccccc2n1. The molecule has 0 aliphatic rings. The molecule has 2 aromatic carbocycles. The molecule has 6 heteroatoms. The monoisotopic (exact) mass is 344 g/mol. The molecule has 0 bridgehead atoms. The highest BCUT2D eigenvalue weighted by Crippen LogP contribution is 2.18. The molecule has 0 saturated heterocycles. The van der Waals surface area contributed by atoms with Gasteiger partial charge in [0.2, 0.25) is 5.89 Å². The van der Waals surface area contributed by atoms with E-state index in [9.17, 15) is 4.79 Å². The van der Waals surface area contributed by atoms with E-state index in [4.69, 9.17) is 4.42 Å². The van der Waals surface area contributed by atoms with E-state index in [0.717, 1.165) is 16.8 Å². The lowest BCUT2D eigenvalue weighted by molar-refractivity contribution is 0.0949. The summed E-state index contributed by atoms with van der Waals surface area (Å²) < 4.78 is 5.49. The van der Waals surface area contributed by atoms with Gasteiger partial charge >= 0.3 is 0 Å². The van der Waals surface area contributed by atoms with E-state index in [-0.39, 0.29) is 5.91 Å². The third kappa shape index (κ3) is 3.44. The van der Waals surface area contributed by atoms with E-state index in [0.29, 0.717) is 30.1 Å². The van der Waals surface area contributed by atoms with Crippen molar-refractivity contribution < 1.29 is 9.21 Å². The zero-order valence-electron chi connectivity index (χ0n) is 13.9. The molecule has 0 saturated carbocycles. The predicted octanol–water partition coefficient (Wildman–Crippen LogP) is 3.26. The van der Waals surface area contributed by atoms with E-state index >= 15 is 0 Å². The van der Waals surface area contributed by atoms with Gasteiger partial charge in [0.1, 0.15) is 12.0 Å². The average molecular weight is 344 g/mol. The molecule has 0 fully saturated rings. The van der Waals surface area contributed by atoms with Crippen molar-refractivity contribution in [3.05, 3.63) is 78.4 Å². The summed E-state index contributed by atoms with van der Waals surface area (Å²) in [5.74, 6) is 0.322. The summed E-state index contributed by atoms with van der Waals surface area (Å²) in [6.45, 7) is 0.439. The van der Waals surface area contributed by atoms with Crippen LogP contribution in [-0.2, 0) is 6.42 Å². The molecular formula is C20H16N4O2. The number of nitrogens with zero attached hydrogens (tertiary/aromatic N) is 3. The Morgan fingerprint density at radius 1 is 0.962 bits per heavy atom. The molecule has 4 rings (SSSR count). The maximum absolute atomic E-state index is 12.2. The van der Waals surface area contributed by atoms with Crippen LogP contribution in [0.15, 0.2) is 71.5 Å². The number of nitrogens with one attached hydrogen (secondary N) is 1. The second-order valence-corrected chi connectivity index (χ2v) is 5.76. The fraction of sp³-hybridized carbons (Fsp3) is 0.100. The van der Waals surface area contributed by atoms with Gasteiger partial charge in [-0.1, -0.05) is 30.3 Å². The topological polar surface area (TPSA) is 80.9 Å².